The van der Waals surface area contributed by atoms with Crippen LogP contribution >= 0.6 is 0 Å². The highest BCUT2D eigenvalue weighted by Gasteiger charge is 2.52. The number of ketones is 1. The predicted octanol–water partition coefficient (Wildman–Crippen LogP) is 2.69. The van der Waals surface area contributed by atoms with Crippen molar-refractivity contribution in [2.45, 2.75) is 135 Å². The number of aromatic nitrogens is 2. The van der Waals surface area contributed by atoms with E-state index in [4.69, 9.17) is 5.73 Å². The summed E-state index contributed by atoms with van der Waals surface area (Å²) in [7, 11) is 0. The summed E-state index contributed by atoms with van der Waals surface area (Å²) in [5.74, 6) is -2.09. The minimum atomic E-state index is -0.969. The molecule has 1 aliphatic heterocycles. The summed E-state index contributed by atoms with van der Waals surface area (Å²) in [6, 6.07) is -3.37. The molecule has 4 fully saturated rings. The Balaban J connectivity index is 1.36. The summed E-state index contributed by atoms with van der Waals surface area (Å²) >= 11 is 0. The molecule has 0 aromatic carbocycles. The smallest absolute Gasteiger partial charge is 0.272 e. The summed E-state index contributed by atoms with van der Waals surface area (Å²) in [4.78, 5) is 83.4. The number of nitrogens with one attached hydrogen (secondary N) is 3. The molecule has 0 radical (unpaired) electrons. The molecule has 5 N–H and O–H groups in total. The van der Waals surface area contributed by atoms with Gasteiger partial charge in [-0.15, -0.1) is 0 Å². The largest absolute Gasteiger partial charge is 0.381 e. The van der Waals surface area contributed by atoms with Gasteiger partial charge < -0.3 is 26.6 Å². The molecule has 0 bridgehead atoms. The van der Waals surface area contributed by atoms with Crippen molar-refractivity contribution in [3.05, 3.63) is 24.3 Å². The molecule has 4 aliphatic rings. The third kappa shape index (κ3) is 8.83. The first kappa shape index (κ1) is 36.4. The van der Waals surface area contributed by atoms with Gasteiger partial charge in [0.1, 0.15) is 23.8 Å². The third-order valence-electron chi connectivity index (χ3n) is 10.7. The van der Waals surface area contributed by atoms with Crippen molar-refractivity contribution in [2.75, 3.05) is 6.54 Å². The Kier molecular flexibility index (Phi) is 11.7. The molecule has 268 valence electrons. The van der Waals surface area contributed by atoms with E-state index in [1.54, 1.807) is 4.90 Å². The van der Waals surface area contributed by atoms with Crippen LogP contribution in [0.1, 0.15) is 115 Å². The molecule has 4 amide bonds. The third-order valence-corrected chi connectivity index (χ3v) is 10.7. The van der Waals surface area contributed by atoms with E-state index in [-0.39, 0.29) is 47.1 Å². The fourth-order valence-electron chi connectivity index (χ4n) is 7.87. The molecule has 49 heavy (non-hydrogen) atoms. The summed E-state index contributed by atoms with van der Waals surface area (Å²) < 4.78 is 0. The SMILES string of the molecule is CCCC(NC(=O)C1C2CCCC2CN1C(=O)C(NC(=O)C(NC(=O)c1cnccn1)C1CCCCC1)C(C)(C)C)C(=O)C(N)=NC1CC1. The maximum atomic E-state index is 14.6. The molecule has 6 unspecified atom stereocenters. The Morgan fingerprint density at radius 3 is 2.33 bits per heavy atom. The van der Waals surface area contributed by atoms with E-state index in [2.05, 4.69) is 30.9 Å². The zero-order valence-electron chi connectivity index (χ0n) is 29.5. The van der Waals surface area contributed by atoms with Gasteiger partial charge in [-0.3, -0.25) is 33.9 Å². The second kappa shape index (κ2) is 15.8. The van der Waals surface area contributed by atoms with Crippen molar-refractivity contribution < 1.29 is 24.0 Å². The number of hydrogen-bond acceptors (Lipinski definition) is 8. The van der Waals surface area contributed by atoms with Crippen molar-refractivity contribution in [3.8, 4) is 0 Å². The van der Waals surface area contributed by atoms with Crippen molar-refractivity contribution >= 4 is 35.2 Å². The van der Waals surface area contributed by atoms with Crippen LogP contribution in [-0.4, -0.2) is 86.9 Å². The Bertz CT molecular complexity index is 1400. The lowest BCUT2D eigenvalue weighted by Gasteiger charge is -2.38. The Morgan fingerprint density at radius 1 is 0.959 bits per heavy atom. The molecule has 1 aromatic heterocycles. The van der Waals surface area contributed by atoms with Gasteiger partial charge in [-0.1, -0.05) is 59.8 Å². The summed E-state index contributed by atoms with van der Waals surface area (Å²) in [6.07, 6.45) is 14.3. The molecule has 2 heterocycles. The normalized spacial score (nSPS) is 24.8. The number of nitrogens with zero attached hydrogens (tertiary/aromatic N) is 4. The van der Waals surface area contributed by atoms with Gasteiger partial charge in [0.2, 0.25) is 23.5 Å². The van der Waals surface area contributed by atoms with Crippen molar-refractivity contribution in [1.29, 1.82) is 0 Å². The minimum absolute atomic E-state index is 0.0450. The summed E-state index contributed by atoms with van der Waals surface area (Å²) in [5, 5.41) is 8.89. The molecule has 6 atom stereocenters. The lowest BCUT2D eigenvalue weighted by atomic mass is 9.82. The highest BCUT2D eigenvalue weighted by Crippen LogP contribution is 2.43. The van der Waals surface area contributed by atoms with Crippen LogP contribution in [0.2, 0.25) is 0 Å². The van der Waals surface area contributed by atoms with Gasteiger partial charge in [-0.25, -0.2) is 4.98 Å². The molecule has 1 saturated heterocycles. The first-order valence-corrected chi connectivity index (χ1v) is 18.2. The number of aliphatic imine (C=N–C) groups is 1. The zero-order chi connectivity index (χ0) is 35.3. The molecule has 3 saturated carbocycles. The van der Waals surface area contributed by atoms with Crippen molar-refractivity contribution in [1.82, 2.24) is 30.8 Å². The van der Waals surface area contributed by atoms with Crippen LogP contribution in [0.15, 0.2) is 23.6 Å². The van der Waals surface area contributed by atoms with Crippen molar-refractivity contribution in [3.63, 3.8) is 0 Å². The average Bonchev–Trinajstić information content (AvgIpc) is 3.65. The van der Waals surface area contributed by atoms with Gasteiger partial charge in [0.15, 0.2) is 5.84 Å². The number of fused-ring (bicyclic) bond motifs is 1. The summed E-state index contributed by atoms with van der Waals surface area (Å²) in [6.45, 7) is 7.98. The number of Topliss-reactive ketones (excluding diaryl/α,β-unsaturated/α-hetero) is 1. The first-order valence-electron chi connectivity index (χ1n) is 18.2. The van der Waals surface area contributed by atoms with Gasteiger partial charge in [0, 0.05) is 18.9 Å². The minimum Gasteiger partial charge on any atom is -0.381 e. The number of likely N-dealkylation sites (tertiary alicyclic amines) is 1. The van der Waals surface area contributed by atoms with Crippen LogP contribution in [0.4, 0.5) is 0 Å². The number of carbonyl (C=O) groups is 5. The lowest BCUT2D eigenvalue weighted by molar-refractivity contribution is -0.145. The highest BCUT2D eigenvalue weighted by molar-refractivity contribution is 6.40. The molecule has 1 aromatic rings. The average molecular weight is 679 g/mol. The van der Waals surface area contributed by atoms with E-state index < -0.39 is 47.2 Å². The van der Waals surface area contributed by atoms with Crippen LogP contribution in [0, 0.1) is 23.2 Å². The van der Waals surface area contributed by atoms with Crippen LogP contribution in [0.3, 0.4) is 0 Å². The van der Waals surface area contributed by atoms with Gasteiger partial charge in [0.25, 0.3) is 5.91 Å². The number of rotatable bonds is 13. The van der Waals surface area contributed by atoms with Crippen LogP contribution in [0.25, 0.3) is 0 Å². The predicted molar refractivity (Wildman–Crippen MR) is 184 cm³/mol. The summed E-state index contributed by atoms with van der Waals surface area (Å²) in [5.41, 5.74) is 5.46. The molecule has 5 rings (SSSR count). The standard InChI is InChI=1S/C36H54N8O5/c1-5-10-25(29(45)31(37)40-23-15-16-23)41-34(48)28-24-14-9-13-22(24)20-44(28)35(49)30(36(2,3)4)43-33(47)27(21-11-7-6-8-12-21)42-32(46)26-19-38-17-18-39-26/h17-19,21-25,27-28,30H,5-16,20H2,1-4H3,(H2,37,40)(H,41,48)(H,42,46)(H,43,47). The molecule has 0 spiro atoms. The maximum absolute atomic E-state index is 14.6. The van der Waals surface area contributed by atoms with Gasteiger partial charge in [-0.05, 0) is 68.1 Å². The molecular weight excluding hydrogens is 624 g/mol. The van der Waals surface area contributed by atoms with E-state index >= 15 is 0 Å². The lowest BCUT2D eigenvalue weighted by Crippen LogP contribution is -2.62. The van der Waals surface area contributed by atoms with Crippen LogP contribution in [0.5, 0.6) is 0 Å². The van der Waals surface area contributed by atoms with E-state index in [1.165, 1.54) is 18.6 Å². The van der Waals surface area contributed by atoms with Gasteiger partial charge >= 0.3 is 0 Å². The van der Waals surface area contributed by atoms with E-state index in [1.807, 2.05) is 27.7 Å². The molecular formula is C36H54N8O5. The van der Waals surface area contributed by atoms with E-state index in [9.17, 15) is 24.0 Å². The number of nitrogens with two attached hydrogens (primary N) is 1. The van der Waals surface area contributed by atoms with Gasteiger partial charge in [-0.2, -0.15) is 0 Å². The van der Waals surface area contributed by atoms with E-state index in [0.717, 1.165) is 64.2 Å². The number of hydrogen-bond donors (Lipinski definition) is 4. The molecule has 13 nitrogen and oxygen atoms in total. The first-order chi connectivity index (χ1) is 23.4. The Hall–Kier alpha value is -3.90. The number of carbonyl (C=O) groups excluding carboxylic acids is 5. The van der Waals surface area contributed by atoms with Crippen LogP contribution < -0.4 is 21.7 Å². The topological polar surface area (TPSA) is 189 Å². The Morgan fingerprint density at radius 2 is 1.69 bits per heavy atom. The maximum Gasteiger partial charge on any atom is 0.272 e. The number of amidine groups is 1. The highest BCUT2D eigenvalue weighted by atomic mass is 16.2. The van der Waals surface area contributed by atoms with Gasteiger partial charge in [0.05, 0.1) is 18.3 Å². The van der Waals surface area contributed by atoms with E-state index in [0.29, 0.717) is 19.4 Å². The Labute approximate surface area is 289 Å². The second-order valence-corrected chi connectivity index (χ2v) is 15.5. The molecule has 3 aliphatic carbocycles. The molecule has 13 heteroatoms. The monoisotopic (exact) mass is 678 g/mol. The quantitative estimate of drug-likeness (QED) is 0.181. The second-order valence-electron chi connectivity index (χ2n) is 15.5. The van der Waals surface area contributed by atoms with Crippen molar-refractivity contribution in [2.24, 2.45) is 33.9 Å². The fraction of sp³-hybridized carbons (Fsp3) is 0.722. The fourth-order valence-corrected chi connectivity index (χ4v) is 7.87. The number of amides is 4. The van der Waals surface area contributed by atoms with Crippen LogP contribution in [-0.2, 0) is 19.2 Å². The zero-order valence-corrected chi connectivity index (χ0v) is 29.5.